The summed E-state index contributed by atoms with van der Waals surface area (Å²) in [5.41, 5.74) is 0. The number of hydrogen-bond donors (Lipinski definition) is 3. The summed E-state index contributed by atoms with van der Waals surface area (Å²) in [6.45, 7) is 2.41. The number of amides is 3. The quantitative estimate of drug-likeness (QED) is 0.480. The Bertz CT molecular complexity index is 425. The third kappa shape index (κ3) is 11.6. The van der Waals surface area contributed by atoms with Gasteiger partial charge < -0.3 is 16.0 Å². The smallest absolute Gasteiger partial charge is 0.239 e. The van der Waals surface area contributed by atoms with Gasteiger partial charge in [-0.2, -0.15) is 0 Å². The SMILES string of the molecule is CCC(=O)CNC(=O)CNC(=O)CNC(=O)CSC(C)=O. The number of nitrogens with one attached hydrogen (secondary N) is 3. The highest BCUT2D eigenvalue weighted by molar-refractivity contribution is 8.14. The lowest BCUT2D eigenvalue weighted by Crippen LogP contribution is -2.43. The van der Waals surface area contributed by atoms with E-state index in [9.17, 15) is 24.0 Å². The van der Waals surface area contributed by atoms with Crippen molar-refractivity contribution in [3.05, 3.63) is 0 Å². The lowest BCUT2D eigenvalue weighted by atomic mass is 10.3. The largest absolute Gasteiger partial charge is 0.347 e. The van der Waals surface area contributed by atoms with Crippen LogP contribution in [0.4, 0.5) is 0 Å². The number of carbonyl (C=O) groups is 5. The van der Waals surface area contributed by atoms with Gasteiger partial charge in [0, 0.05) is 13.3 Å². The van der Waals surface area contributed by atoms with Crippen molar-refractivity contribution in [3.63, 3.8) is 0 Å². The Balaban J connectivity index is 3.75. The van der Waals surface area contributed by atoms with Crippen LogP contribution in [-0.2, 0) is 24.0 Å². The summed E-state index contributed by atoms with van der Waals surface area (Å²) in [7, 11) is 0. The fraction of sp³-hybridized carbons (Fsp3) is 0.583. The molecule has 21 heavy (non-hydrogen) atoms. The molecule has 118 valence electrons. The summed E-state index contributed by atoms with van der Waals surface area (Å²) in [6, 6.07) is 0. The molecule has 0 heterocycles. The number of thioether (sulfide) groups is 1. The molecule has 0 fully saturated rings. The Morgan fingerprint density at radius 1 is 0.810 bits per heavy atom. The maximum Gasteiger partial charge on any atom is 0.239 e. The zero-order valence-electron chi connectivity index (χ0n) is 12.0. The van der Waals surface area contributed by atoms with Crippen molar-refractivity contribution in [2.75, 3.05) is 25.4 Å². The van der Waals surface area contributed by atoms with Crippen LogP contribution in [0.5, 0.6) is 0 Å². The van der Waals surface area contributed by atoms with Crippen molar-refractivity contribution in [1.82, 2.24) is 16.0 Å². The van der Waals surface area contributed by atoms with E-state index in [0.717, 1.165) is 11.8 Å². The Kier molecular flexibility index (Phi) is 9.86. The van der Waals surface area contributed by atoms with Crippen molar-refractivity contribution < 1.29 is 24.0 Å². The third-order valence-corrected chi connectivity index (χ3v) is 2.99. The molecule has 0 aromatic heterocycles. The van der Waals surface area contributed by atoms with Gasteiger partial charge in [-0.3, -0.25) is 24.0 Å². The fourth-order valence-corrected chi connectivity index (χ4v) is 1.46. The van der Waals surface area contributed by atoms with E-state index in [-0.39, 0.29) is 36.3 Å². The molecule has 0 saturated heterocycles. The first-order valence-electron chi connectivity index (χ1n) is 6.30. The predicted octanol–water partition coefficient (Wildman–Crippen LogP) is -1.41. The molecule has 9 heteroatoms. The van der Waals surface area contributed by atoms with Crippen molar-refractivity contribution in [3.8, 4) is 0 Å². The Labute approximate surface area is 126 Å². The number of hydrogen-bond acceptors (Lipinski definition) is 6. The van der Waals surface area contributed by atoms with E-state index in [0.29, 0.717) is 6.42 Å². The van der Waals surface area contributed by atoms with Crippen LogP contribution in [0.1, 0.15) is 20.3 Å². The van der Waals surface area contributed by atoms with E-state index in [1.165, 1.54) is 6.92 Å². The van der Waals surface area contributed by atoms with E-state index >= 15 is 0 Å². The molecule has 0 bridgehead atoms. The topological polar surface area (TPSA) is 121 Å². The van der Waals surface area contributed by atoms with Gasteiger partial charge >= 0.3 is 0 Å². The maximum absolute atomic E-state index is 11.3. The molecule has 0 spiro atoms. The average Bonchev–Trinajstić information content (AvgIpc) is 2.45. The summed E-state index contributed by atoms with van der Waals surface area (Å²) >= 11 is 0.842. The molecular weight excluding hydrogens is 298 g/mol. The molecular formula is C12H19N3O5S. The van der Waals surface area contributed by atoms with Crippen LogP contribution in [0, 0.1) is 0 Å². The van der Waals surface area contributed by atoms with Gasteiger partial charge in [0.05, 0.1) is 25.4 Å². The zero-order chi connectivity index (χ0) is 16.3. The molecule has 3 N–H and O–H groups in total. The fourth-order valence-electron chi connectivity index (χ4n) is 1.02. The summed E-state index contributed by atoms with van der Waals surface area (Å²) in [5, 5.41) is 6.77. The van der Waals surface area contributed by atoms with Crippen LogP contribution in [0.2, 0.25) is 0 Å². The third-order valence-electron chi connectivity index (χ3n) is 2.18. The first-order valence-corrected chi connectivity index (χ1v) is 7.28. The van der Waals surface area contributed by atoms with Gasteiger partial charge in [-0.05, 0) is 0 Å². The summed E-state index contributed by atoms with van der Waals surface area (Å²) < 4.78 is 0. The van der Waals surface area contributed by atoms with Crippen LogP contribution < -0.4 is 16.0 Å². The van der Waals surface area contributed by atoms with Crippen LogP contribution in [0.15, 0.2) is 0 Å². The highest BCUT2D eigenvalue weighted by atomic mass is 32.2. The first-order chi connectivity index (χ1) is 9.85. The molecule has 3 amide bonds. The number of Topliss-reactive ketones (excluding diaryl/α,β-unsaturated/α-hetero) is 1. The van der Waals surface area contributed by atoms with Crippen LogP contribution in [0.25, 0.3) is 0 Å². The second-order valence-electron chi connectivity index (χ2n) is 4.00. The molecule has 0 aromatic carbocycles. The van der Waals surface area contributed by atoms with Gasteiger partial charge in [-0.15, -0.1) is 0 Å². The van der Waals surface area contributed by atoms with Gasteiger partial charge in [0.25, 0.3) is 0 Å². The molecule has 0 aliphatic carbocycles. The van der Waals surface area contributed by atoms with Gasteiger partial charge in [0.1, 0.15) is 0 Å². The Morgan fingerprint density at radius 2 is 1.29 bits per heavy atom. The number of carbonyl (C=O) groups excluding carboxylic acids is 5. The second-order valence-corrected chi connectivity index (χ2v) is 5.15. The van der Waals surface area contributed by atoms with E-state index in [4.69, 9.17) is 0 Å². The van der Waals surface area contributed by atoms with Crippen molar-refractivity contribution in [1.29, 1.82) is 0 Å². The standard InChI is InChI=1S/C12H19N3O5S/c1-3-9(17)4-13-10(18)5-14-11(19)6-15-12(20)7-21-8(2)16/h3-7H2,1-2H3,(H,13,18)(H,14,19)(H,15,20). The molecule has 0 aliphatic rings. The van der Waals surface area contributed by atoms with Crippen molar-refractivity contribution >= 4 is 40.4 Å². The number of ketones is 1. The van der Waals surface area contributed by atoms with E-state index in [2.05, 4.69) is 16.0 Å². The number of rotatable bonds is 9. The van der Waals surface area contributed by atoms with E-state index in [1.54, 1.807) is 6.92 Å². The second kappa shape index (κ2) is 10.8. The highest BCUT2D eigenvalue weighted by Crippen LogP contribution is 1.98. The minimum absolute atomic E-state index is 0.0533. The molecule has 0 rings (SSSR count). The minimum Gasteiger partial charge on any atom is -0.347 e. The molecule has 8 nitrogen and oxygen atoms in total. The molecule has 0 unspecified atom stereocenters. The minimum atomic E-state index is -0.534. The lowest BCUT2D eigenvalue weighted by molar-refractivity contribution is -0.128. The van der Waals surface area contributed by atoms with Crippen molar-refractivity contribution in [2.24, 2.45) is 0 Å². The summed E-state index contributed by atoms with van der Waals surface area (Å²) in [4.78, 5) is 55.4. The zero-order valence-corrected chi connectivity index (χ0v) is 12.8. The Morgan fingerprint density at radius 3 is 1.76 bits per heavy atom. The van der Waals surface area contributed by atoms with E-state index < -0.39 is 17.7 Å². The lowest BCUT2D eigenvalue weighted by Gasteiger charge is -2.07. The van der Waals surface area contributed by atoms with Gasteiger partial charge in [-0.25, -0.2) is 0 Å². The molecule has 0 radical (unpaired) electrons. The van der Waals surface area contributed by atoms with Crippen LogP contribution >= 0.6 is 11.8 Å². The monoisotopic (exact) mass is 317 g/mol. The molecule has 0 atom stereocenters. The summed E-state index contributed by atoms with van der Waals surface area (Å²) in [5.74, 6) is -1.62. The van der Waals surface area contributed by atoms with Gasteiger partial charge in [0.15, 0.2) is 10.9 Å². The Hall–Kier alpha value is -1.90. The predicted molar refractivity (Wildman–Crippen MR) is 77.5 cm³/mol. The molecule has 0 saturated carbocycles. The van der Waals surface area contributed by atoms with Gasteiger partial charge in [0.2, 0.25) is 17.7 Å². The average molecular weight is 317 g/mol. The van der Waals surface area contributed by atoms with Crippen LogP contribution in [0.3, 0.4) is 0 Å². The molecule has 0 aromatic rings. The maximum atomic E-state index is 11.3. The normalized spacial score (nSPS) is 9.62. The summed E-state index contributed by atoms with van der Waals surface area (Å²) in [6.07, 6.45) is 0.330. The van der Waals surface area contributed by atoms with Crippen molar-refractivity contribution in [2.45, 2.75) is 20.3 Å². The molecule has 0 aliphatic heterocycles. The van der Waals surface area contributed by atoms with Gasteiger partial charge in [-0.1, -0.05) is 18.7 Å². The highest BCUT2D eigenvalue weighted by Gasteiger charge is 2.09. The van der Waals surface area contributed by atoms with E-state index in [1.807, 2.05) is 0 Å². The first kappa shape index (κ1) is 19.1. The van der Waals surface area contributed by atoms with Crippen LogP contribution in [-0.4, -0.2) is 54.0 Å².